The van der Waals surface area contributed by atoms with Gasteiger partial charge in [0.1, 0.15) is 5.82 Å². The van der Waals surface area contributed by atoms with Crippen molar-refractivity contribution in [3.05, 3.63) is 29.3 Å². The first kappa shape index (κ1) is 14.7. The van der Waals surface area contributed by atoms with Crippen molar-refractivity contribution in [1.29, 1.82) is 0 Å². The van der Waals surface area contributed by atoms with E-state index in [1.165, 1.54) is 11.3 Å². The topological polar surface area (TPSA) is 59.8 Å². The molecule has 0 radical (unpaired) electrons. The molecule has 0 unspecified atom stereocenters. The van der Waals surface area contributed by atoms with Crippen molar-refractivity contribution in [2.24, 2.45) is 0 Å². The second kappa shape index (κ2) is 6.65. The molecule has 1 amide bonds. The number of anilines is 1. The molecule has 0 saturated carbocycles. The van der Waals surface area contributed by atoms with Crippen molar-refractivity contribution in [3.63, 3.8) is 0 Å². The molecule has 0 aromatic carbocycles. The molecular weight excluding hydrogens is 272 g/mol. The first-order valence-electron chi connectivity index (χ1n) is 6.79. The predicted molar refractivity (Wildman–Crippen MR) is 81.0 cm³/mol. The smallest absolute Gasteiger partial charge is 0.226 e. The van der Waals surface area contributed by atoms with Crippen LogP contribution in [0.15, 0.2) is 17.8 Å². The Bertz CT molecular complexity index is 573. The van der Waals surface area contributed by atoms with Gasteiger partial charge in [-0.3, -0.25) is 4.79 Å². The average Bonchev–Trinajstić information content (AvgIpc) is 2.99. The molecule has 0 aliphatic rings. The van der Waals surface area contributed by atoms with Crippen LogP contribution in [-0.2, 0) is 11.3 Å². The lowest BCUT2D eigenvalue weighted by atomic mass is 10.2. The third-order valence-electron chi connectivity index (χ3n) is 3.09. The van der Waals surface area contributed by atoms with Crippen LogP contribution in [0.1, 0.15) is 44.1 Å². The van der Waals surface area contributed by atoms with Crippen molar-refractivity contribution in [3.8, 4) is 0 Å². The highest BCUT2D eigenvalue weighted by atomic mass is 32.1. The molecule has 20 heavy (non-hydrogen) atoms. The molecule has 0 atom stereocenters. The summed E-state index contributed by atoms with van der Waals surface area (Å²) >= 11 is 1.48. The Morgan fingerprint density at radius 3 is 2.90 bits per heavy atom. The zero-order valence-electron chi connectivity index (χ0n) is 12.1. The number of aryl methyl sites for hydroxylation is 2. The van der Waals surface area contributed by atoms with Crippen LogP contribution in [0.25, 0.3) is 0 Å². The van der Waals surface area contributed by atoms with Gasteiger partial charge in [-0.1, -0.05) is 13.8 Å². The first-order chi connectivity index (χ1) is 9.56. The van der Waals surface area contributed by atoms with E-state index in [0.29, 0.717) is 17.5 Å². The van der Waals surface area contributed by atoms with E-state index in [2.05, 4.69) is 29.1 Å². The molecule has 0 bridgehead atoms. The van der Waals surface area contributed by atoms with Gasteiger partial charge in [-0.15, -0.1) is 11.3 Å². The van der Waals surface area contributed by atoms with Crippen molar-refractivity contribution in [2.45, 2.75) is 46.1 Å². The van der Waals surface area contributed by atoms with Gasteiger partial charge < -0.3 is 9.88 Å². The van der Waals surface area contributed by atoms with Crippen LogP contribution >= 0.6 is 11.3 Å². The summed E-state index contributed by atoms with van der Waals surface area (Å²) < 4.78 is 2.05. The van der Waals surface area contributed by atoms with Crippen LogP contribution in [-0.4, -0.2) is 20.4 Å². The maximum absolute atomic E-state index is 11.8. The molecule has 2 aromatic heterocycles. The van der Waals surface area contributed by atoms with Crippen molar-refractivity contribution < 1.29 is 4.79 Å². The summed E-state index contributed by atoms with van der Waals surface area (Å²) in [5, 5.41) is 5.54. The Labute approximate surface area is 123 Å². The third kappa shape index (κ3) is 3.90. The summed E-state index contributed by atoms with van der Waals surface area (Å²) in [6.07, 6.45) is 5.00. The maximum atomic E-state index is 11.8. The molecule has 1 N–H and O–H groups in total. The highest BCUT2D eigenvalue weighted by Gasteiger charge is 2.08. The Morgan fingerprint density at radius 2 is 2.30 bits per heavy atom. The summed E-state index contributed by atoms with van der Waals surface area (Å²) in [5.41, 5.74) is 1.03. The minimum absolute atomic E-state index is 0.0208. The molecular formula is C14H20N4OS. The van der Waals surface area contributed by atoms with Crippen LogP contribution in [0.2, 0.25) is 0 Å². The molecule has 0 spiro atoms. The fourth-order valence-electron chi connectivity index (χ4n) is 1.84. The van der Waals surface area contributed by atoms with Gasteiger partial charge in [-0.05, 0) is 19.3 Å². The van der Waals surface area contributed by atoms with Gasteiger partial charge >= 0.3 is 0 Å². The largest absolute Gasteiger partial charge is 0.335 e. The molecule has 2 aromatic rings. The number of thiazole rings is 1. The molecule has 2 heterocycles. The van der Waals surface area contributed by atoms with Gasteiger partial charge in [0.15, 0.2) is 5.13 Å². The SMILES string of the molecule is Cc1nccn1CCCC(=O)Nc1nc(C(C)C)cs1. The molecule has 108 valence electrons. The zero-order valence-corrected chi connectivity index (χ0v) is 12.9. The second-order valence-corrected chi connectivity index (χ2v) is 5.91. The number of carbonyl (C=O) groups excluding carboxylic acids is 1. The Balaban J connectivity index is 1.76. The number of nitrogens with one attached hydrogen (secondary N) is 1. The minimum Gasteiger partial charge on any atom is -0.335 e. The maximum Gasteiger partial charge on any atom is 0.226 e. The van der Waals surface area contributed by atoms with E-state index in [4.69, 9.17) is 0 Å². The molecule has 0 saturated heterocycles. The standard InChI is InChI=1S/C14H20N4OS/c1-10(2)12-9-20-14(16-12)17-13(19)5-4-7-18-8-6-15-11(18)3/h6,8-10H,4-5,7H2,1-3H3,(H,16,17,19). The summed E-state index contributed by atoms with van der Waals surface area (Å²) in [6, 6.07) is 0. The third-order valence-corrected chi connectivity index (χ3v) is 3.86. The number of hydrogen-bond acceptors (Lipinski definition) is 4. The quantitative estimate of drug-likeness (QED) is 0.889. The molecule has 2 rings (SSSR count). The van der Waals surface area contributed by atoms with E-state index in [0.717, 1.165) is 24.5 Å². The van der Waals surface area contributed by atoms with Crippen LogP contribution in [0.4, 0.5) is 5.13 Å². The first-order valence-corrected chi connectivity index (χ1v) is 7.67. The van der Waals surface area contributed by atoms with Crippen LogP contribution < -0.4 is 5.32 Å². The number of hydrogen-bond donors (Lipinski definition) is 1. The Kier molecular flexibility index (Phi) is 4.89. The number of rotatable bonds is 6. The molecule has 0 aliphatic heterocycles. The summed E-state index contributed by atoms with van der Waals surface area (Å²) in [7, 11) is 0. The average molecular weight is 292 g/mol. The summed E-state index contributed by atoms with van der Waals surface area (Å²) in [6.45, 7) is 6.96. The number of imidazole rings is 1. The second-order valence-electron chi connectivity index (χ2n) is 5.05. The van der Waals surface area contributed by atoms with E-state index in [1.807, 2.05) is 23.1 Å². The normalized spacial score (nSPS) is 11.0. The number of aromatic nitrogens is 3. The molecule has 0 fully saturated rings. The van der Waals surface area contributed by atoms with E-state index in [-0.39, 0.29) is 5.91 Å². The van der Waals surface area contributed by atoms with Crippen molar-refractivity contribution >= 4 is 22.4 Å². The monoisotopic (exact) mass is 292 g/mol. The Morgan fingerprint density at radius 1 is 1.50 bits per heavy atom. The van der Waals surface area contributed by atoms with Gasteiger partial charge in [0.05, 0.1) is 5.69 Å². The Hall–Kier alpha value is -1.69. The van der Waals surface area contributed by atoms with Crippen LogP contribution in [0.5, 0.6) is 0 Å². The van der Waals surface area contributed by atoms with E-state index < -0.39 is 0 Å². The van der Waals surface area contributed by atoms with Gasteiger partial charge in [-0.25, -0.2) is 9.97 Å². The predicted octanol–water partition coefficient (Wildman–Crippen LogP) is 3.19. The van der Waals surface area contributed by atoms with Crippen LogP contribution in [0, 0.1) is 6.92 Å². The highest BCUT2D eigenvalue weighted by molar-refractivity contribution is 7.13. The molecule has 6 heteroatoms. The van der Waals surface area contributed by atoms with Gasteiger partial charge in [0.2, 0.25) is 5.91 Å². The fraction of sp³-hybridized carbons (Fsp3) is 0.500. The number of carbonyl (C=O) groups is 1. The van der Waals surface area contributed by atoms with Crippen LogP contribution in [0.3, 0.4) is 0 Å². The highest BCUT2D eigenvalue weighted by Crippen LogP contribution is 2.21. The van der Waals surface area contributed by atoms with E-state index >= 15 is 0 Å². The lowest BCUT2D eigenvalue weighted by Crippen LogP contribution is -2.12. The van der Waals surface area contributed by atoms with Gasteiger partial charge in [-0.2, -0.15) is 0 Å². The van der Waals surface area contributed by atoms with Gasteiger partial charge in [0, 0.05) is 30.7 Å². The minimum atomic E-state index is 0.0208. The number of amides is 1. The summed E-state index contributed by atoms with van der Waals surface area (Å²) in [5.74, 6) is 1.39. The number of nitrogens with zero attached hydrogens (tertiary/aromatic N) is 3. The van der Waals surface area contributed by atoms with Gasteiger partial charge in [0.25, 0.3) is 0 Å². The van der Waals surface area contributed by atoms with Crippen molar-refractivity contribution in [1.82, 2.24) is 14.5 Å². The fourth-order valence-corrected chi connectivity index (χ4v) is 2.73. The zero-order chi connectivity index (χ0) is 14.5. The molecule has 0 aliphatic carbocycles. The van der Waals surface area contributed by atoms with E-state index in [1.54, 1.807) is 6.20 Å². The molecule has 5 nitrogen and oxygen atoms in total. The van der Waals surface area contributed by atoms with E-state index in [9.17, 15) is 4.79 Å². The summed E-state index contributed by atoms with van der Waals surface area (Å²) in [4.78, 5) is 20.4. The van der Waals surface area contributed by atoms with Crippen molar-refractivity contribution in [2.75, 3.05) is 5.32 Å². The lowest BCUT2D eigenvalue weighted by Gasteiger charge is -2.05. The lowest BCUT2D eigenvalue weighted by molar-refractivity contribution is -0.116.